The molecule has 0 bridgehead atoms. The van der Waals surface area contributed by atoms with Crippen molar-refractivity contribution in [1.29, 1.82) is 0 Å². The molecule has 0 aromatic carbocycles. The molecule has 1 saturated carbocycles. The first-order chi connectivity index (χ1) is 6.93. The smallest absolute Gasteiger partial charge is 0.00673 e. The molecule has 0 unspecified atom stereocenters. The van der Waals surface area contributed by atoms with Crippen LogP contribution in [0.5, 0.6) is 0 Å². The Morgan fingerprint density at radius 3 is 2.64 bits per heavy atom. The minimum Gasteiger partial charge on any atom is -0.313 e. The van der Waals surface area contributed by atoms with Gasteiger partial charge in [-0.05, 0) is 25.0 Å². The molecule has 1 nitrogen and oxygen atoms in total. The van der Waals surface area contributed by atoms with Crippen LogP contribution in [0.1, 0.15) is 51.9 Å². The predicted molar refractivity (Wildman–Crippen MR) is 67.1 cm³/mol. The lowest BCUT2D eigenvalue weighted by molar-refractivity contribution is 0.381. The molecular formula is C12H25NS. The molecule has 0 atom stereocenters. The van der Waals surface area contributed by atoms with Gasteiger partial charge in [-0.15, -0.1) is 0 Å². The maximum absolute atomic E-state index is 3.68. The van der Waals surface area contributed by atoms with E-state index in [1.165, 1.54) is 63.0 Å². The quantitative estimate of drug-likeness (QED) is 0.653. The van der Waals surface area contributed by atoms with Crippen molar-refractivity contribution in [2.45, 2.75) is 57.9 Å². The third-order valence-corrected chi connectivity index (χ3v) is 4.00. The Bertz CT molecular complexity index is 121. The zero-order valence-electron chi connectivity index (χ0n) is 9.56. The van der Waals surface area contributed by atoms with Gasteiger partial charge in [-0.25, -0.2) is 0 Å². The van der Waals surface area contributed by atoms with Gasteiger partial charge in [0.2, 0.25) is 0 Å². The molecule has 0 aromatic rings. The highest BCUT2D eigenvalue weighted by atomic mass is 32.2. The van der Waals surface area contributed by atoms with E-state index in [2.05, 4.69) is 24.0 Å². The topological polar surface area (TPSA) is 12.0 Å². The number of unbranched alkanes of at least 4 members (excludes halogenated alkanes) is 1. The van der Waals surface area contributed by atoms with E-state index in [0.29, 0.717) is 0 Å². The fourth-order valence-electron chi connectivity index (χ4n) is 1.99. The Hall–Kier alpha value is 0.310. The fraction of sp³-hybridized carbons (Fsp3) is 1.00. The van der Waals surface area contributed by atoms with Crippen LogP contribution in [0.2, 0.25) is 0 Å². The van der Waals surface area contributed by atoms with Gasteiger partial charge in [-0.3, -0.25) is 0 Å². The normalized spacial score (nSPS) is 18.6. The number of rotatable bonds is 7. The molecule has 0 saturated heterocycles. The van der Waals surface area contributed by atoms with Gasteiger partial charge in [0.15, 0.2) is 0 Å². The van der Waals surface area contributed by atoms with Crippen molar-refractivity contribution in [3.05, 3.63) is 0 Å². The summed E-state index contributed by atoms with van der Waals surface area (Å²) < 4.78 is 0. The summed E-state index contributed by atoms with van der Waals surface area (Å²) in [5.41, 5.74) is 0. The van der Waals surface area contributed by atoms with Crippen molar-refractivity contribution in [3.8, 4) is 0 Å². The van der Waals surface area contributed by atoms with E-state index in [-0.39, 0.29) is 0 Å². The highest BCUT2D eigenvalue weighted by Gasteiger charge is 2.11. The molecule has 0 spiro atoms. The standard InChI is InChI=1S/C12H25NS/c1-2-3-10-14-11-9-13-12-7-5-4-6-8-12/h12-13H,2-11H2,1H3. The summed E-state index contributed by atoms with van der Waals surface area (Å²) in [5.74, 6) is 2.65. The summed E-state index contributed by atoms with van der Waals surface area (Å²) in [5, 5.41) is 3.68. The van der Waals surface area contributed by atoms with Crippen LogP contribution in [-0.4, -0.2) is 24.1 Å². The molecular weight excluding hydrogens is 190 g/mol. The average molecular weight is 215 g/mol. The summed E-state index contributed by atoms with van der Waals surface area (Å²) in [6.45, 7) is 3.49. The first-order valence-corrected chi connectivity index (χ1v) is 7.40. The maximum atomic E-state index is 3.68. The zero-order chi connectivity index (χ0) is 10.1. The molecule has 0 amide bonds. The van der Waals surface area contributed by atoms with Gasteiger partial charge < -0.3 is 5.32 Å². The second kappa shape index (κ2) is 8.60. The van der Waals surface area contributed by atoms with E-state index in [9.17, 15) is 0 Å². The molecule has 0 aliphatic heterocycles. The molecule has 1 aliphatic rings. The molecule has 1 fully saturated rings. The van der Waals surface area contributed by atoms with Crippen LogP contribution < -0.4 is 5.32 Å². The Balaban J connectivity index is 1.82. The van der Waals surface area contributed by atoms with Crippen molar-refractivity contribution in [2.24, 2.45) is 0 Å². The van der Waals surface area contributed by atoms with Crippen molar-refractivity contribution in [2.75, 3.05) is 18.1 Å². The van der Waals surface area contributed by atoms with Crippen molar-refractivity contribution in [1.82, 2.24) is 5.32 Å². The molecule has 14 heavy (non-hydrogen) atoms. The summed E-state index contributed by atoms with van der Waals surface area (Å²) in [6.07, 6.45) is 9.90. The van der Waals surface area contributed by atoms with E-state index in [4.69, 9.17) is 0 Å². The Labute approximate surface area is 93.4 Å². The minimum atomic E-state index is 0.843. The van der Waals surface area contributed by atoms with Crippen LogP contribution in [0.4, 0.5) is 0 Å². The SMILES string of the molecule is CCCCSCCNC1CCCCC1. The zero-order valence-corrected chi connectivity index (χ0v) is 10.4. The fourth-order valence-corrected chi connectivity index (χ4v) is 2.95. The maximum Gasteiger partial charge on any atom is 0.00673 e. The van der Waals surface area contributed by atoms with Crippen LogP contribution in [0, 0.1) is 0 Å². The first kappa shape index (κ1) is 12.4. The summed E-state index contributed by atoms with van der Waals surface area (Å²) in [6, 6.07) is 0.843. The highest BCUT2D eigenvalue weighted by Crippen LogP contribution is 2.17. The predicted octanol–water partition coefficient (Wildman–Crippen LogP) is 3.44. The van der Waals surface area contributed by atoms with Gasteiger partial charge >= 0.3 is 0 Å². The molecule has 0 radical (unpaired) electrons. The second-order valence-electron chi connectivity index (χ2n) is 4.25. The summed E-state index contributed by atoms with van der Waals surface area (Å²) in [7, 11) is 0. The monoisotopic (exact) mass is 215 g/mol. The van der Waals surface area contributed by atoms with E-state index < -0.39 is 0 Å². The van der Waals surface area contributed by atoms with Crippen LogP contribution in [0.3, 0.4) is 0 Å². The van der Waals surface area contributed by atoms with Crippen molar-refractivity contribution >= 4 is 11.8 Å². The molecule has 1 aliphatic carbocycles. The van der Waals surface area contributed by atoms with Gasteiger partial charge in [0, 0.05) is 18.3 Å². The molecule has 84 valence electrons. The lowest BCUT2D eigenvalue weighted by Gasteiger charge is -2.22. The summed E-state index contributed by atoms with van der Waals surface area (Å²) in [4.78, 5) is 0. The molecule has 0 aromatic heterocycles. The third-order valence-electron chi connectivity index (χ3n) is 2.93. The Kier molecular flexibility index (Phi) is 7.61. The molecule has 1 rings (SSSR count). The Morgan fingerprint density at radius 1 is 1.14 bits per heavy atom. The van der Waals surface area contributed by atoms with E-state index in [1.54, 1.807) is 0 Å². The largest absolute Gasteiger partial charge is 0.313 e. The van der Waals surface area contributed by atoms with E-state index in [0.717, 1.165) is 6.04 Å². The number of hydrogen-bond acceptors (Lipinski definition) is 2. The van der Waals surface area contributed by atoms with Gasteiger partial charge in [0.1, 0.15) is 0 Å². The average Bonchev–Trinajstić information content (AvgIpc) is 2.25. The molecule has 2 heteroatoms. The van der Waals surface area contributed by atoms with Gasteiger partial charge in [0.05, 0.1) is 0 Å². The lowest BCUT2D eigenvalue weighted by atomic mass is 9.96. The number of nitrogens with one attached hydrogen (secondary N) is 1. The molecule has 0 heterocycles. The van der Waals surface area contributed by atoms with E-state index >= 15 is 0 Å². The van der Waals surface area contributed by atoms with Gasteiger partial charge in [-0.1, -0.05) is 32.6 Å². The number of thioether (sulfide) groups is 1. The van der Waals surface area contributed by atoms with E-state index in [1.807, 2.05) is 0 Å². The van der Waals surface area contributed by atoms with Crippen LogP contribution in [0.15, 0.2) is 0 Å². The van der Waals surface area contributed by atoms with Crippen molar-refractivity contribution < 1.29 is 0 Å². The van der Waals surface area contributed by atoms with Gasteiger partial charge in [-0.2, -0.15) is 11.8 Å². The van der Waals surface area contributed by atoms with Crippen LogP contribution in [0.25, 0.3) is 0 Å². The van der Waals surface area contributed by atoms with Crippen LogP contribution in [-0.2, 0) is 0 Å². The lowest BCUT2D eigenvalue weighted by Crippen LogP contribution is -2.32. The first-order valence-electron chi connectivity index (χ1n) is 6.24. The minimum absolute atomic E-state index is 0.843. The second-order valence-corrected chi connectivity index (χ2v) is 5.48. The molecule has 1 N–H and O–H groups in total. The van der Waals surface area contributed by atoms with Crippen molar-refractivity contribution in [3.63, 3.8) is 0 Å². The summed E-state index contributed by atoms with van der Waals surface area (Å²) >= 11 is 2.10. The third kappa shape index (κ3) is 5.92. The van der Waals surface area contributed by atoms with Gasteiger partial charge in [0.25, 0.3) is 0 Å². The Morgan fingerprint density at radius 2 is 1.93 bits per heavy atom. The number of hydrogen-bond donors (Lipinski definition) is 1. The van der Waals surface area contributed by atoms with Crippen LogP contribution >= 0.6 is 11.8 Å². The highest BCUT2D eigenvalue weighted by molar-refractivity contribution is 7.99.